The number of nitrogens with zero attached hydrogens (tertiary/aromatic N) is 3. The van der Waals surface area contributed by atoms with Crippen LogP contribution in [0.3, 0.4) is 0 Å². The number of aromatic nitrogens is 2. The molecule has 22 heavy (non-hydrogen) atoms. The monoisotopic (exact) mass is 331 g/mol. The zero-order valence-corrected chi connectivity index (χ0v) is 13.4. The standard InChI is InChI=1S/C14H13N5OS2/c1-9(16)11(7-15)12(20)8-21-14-19-18-13(22-14)17-10-5-3-2-4-6-10/h2-6H,8,16H2,1H3,(H,17,18). The fourth-order valence-corrected chi connectivity index (χ4v) is 3.18. The molecule has 0 radical (unpaired) electrons. The molecule has 1 aromatic heterocycles. The molecule has 0 aliphatic carbocycles. The van der Waals surface area contributed by atoms with Crippen LogP contribution < -0.4 is 11.1 Å². The van der Waals surface area contributed by atoms with E-state index in [9.17, 15) is 4.79 Å². The number of hydrogen-bond acceptors (Lipinski definition) is 8. The van der Waals surface area contributed by atoms with Crippen molar-refractivity contribution in [3.63, 3.8) is 0 Å². The number of rotatable bonds is 6. The summed E-state index contributed by atoms with van der Waals surface area (Å²) in [6, 6.07) is 11.4. The van der Waals surface area contributed by atoms with Crippen LogP contribution >= 0.6 is 23.1 Å². The van der Waals surface area contributed by atoms with E-state index < -0.39 is 0 Å². The molecule has 0 amide bonds. The summed E-state index contributed by atoms with van der Waals surface area (Å²) in [6.07, 6.45) is 0. The lowest BCUT2D eigenvalue weighted by molar-refractivity contribution is -0.112. The quantitative estimate of drug-likeness (QED) is 0.476. The van der Waals surface area contributed by atoms with Crippen LogP contribution in [0.25, 0.3) is 0 Å². The van der Waals surface area contributed by atoms with Crippen LogP contribution in [0.15, 0.2) is 45.9 Å². The number of para-hydroxylation sites is 1. The molecule has 2 aromatic rings. The number of benzene rings is 1. The summed E-state index contributed by atoms with van der Waals surface area (Å²) in [5, 5.41) is 20.7. The molecule has 0 fully saturated rings. The highest BCUT2D eigenvalue weighted by molar-refractivity contribution is 8.01. The predicted octanol–water partition coefficient (Wildman–Crippen LogP) is 2.70. The molecule has 0 saturated heterocycles. The van der Waals surface area contributed by atoms with E-state index in [0.29, 0.717) is 9.47 Å². The van der Waals surface area contributed by atoms with Crippen molar-refractivity contribution in [2.75, 3.05) is 11.1 Å². The topological polar surface area (TPSA) is 105 Å². The van der Waals surface area contributed by atoms with E-state index in [1.54, 1.807) is 0 Å². The first-order valence-corrected chi connectivity index (χ1v) is 8.08. The molecule has 0 saturated carbocycles. The highest BCUT2D eigenvalue weighted by atomic mass is 32.2. The summed E-state index contributed by atoms with van der Waals surface area (Å²) in [5.41, 5.74) is 6.65. The van der Waals surface area contributed by atoms with Gasteiger partial charge in [0.25, 0.3) is 0 Å². The summed E-state index contributed by atoms with van der Waals surface area (Å²) in [7, 11) is 0. The maximum absolute atomic E-state index is 11.8. The van der Waals surface area contributed by atoms with E-state index >= 15 is 0 Å². The molecule has 112 valence electrons. The number of carbonyl (C=O) groups is 1. The summed E-state index contributed by atoms with van der Waals surface area (Å²) in [4.78, 5) is 11.8. The Morgan fingerprint density at radius 2 is 2.14 bits per heavy atom. The molecule has 0 aliphatic rings. The van der Waals surface area contributed by atoms with Crippen molar-refractivity contribution in [1.82, 2.24) is 10.2 Å². The zero-order chi connectivity index (χ0) is 15.9. The van der Waals surface area contributed by atoms with Gasteiger partial charge in [-0.15, -0.1) is 10.2 Å². The lowest BCUT2D eigenvalue weighted by Gasteiger charge is -1.99. The van der Waals surface area contributed by atoms with Gasteiger partial charge in [-0.05, 0) is 19.1 Å². The van der Waals surface area contributed by atoms with Gasteiger partial charge in [0.15, 0.2) is 10.1 Å². The van der Waals surface area contributed by atoms with Crippen LogP contribution in [0.5, 0.6) is 0 Å². The number of ketones is 1. The fraction of sp³-hybridized carbons (Fsp3) is 0.143. The summed E-state index contributed by atoms with van der Waals surface area (Å²) >= 11 is 2.58. The second-order valence-electron chi connectivity index (χ2n) is 4.25. The summed E-state index contributed by atoms with van der Waals surface area (Å²) in [6.45, 7) is 1.54. The van der Waals surface area contributed by atoms with Gasteiger partial charge >= 0.3 is 0 Å². The fourth-order valence-electron chi connectivity index (χ4n) is 1.53. The van der Waals surface area contributed by atoms with Crippen LogP contribution in [0.4, 0.5) is 10.8 Å². The van der Waals surface area contributed by atoms with Crippen LogP contribution in [0, 0.1) is 11.3 Å². The van der Waals surface area contributed by atoms with Gasteiger partial charge in [0, 0.05) is 11.4 Å². The SMILES string of the molecule is CC(N)=C(C#N)C(=O)CSc1nnc(Nc2ccccc2)s1. The normalized spacial score (nSPS) is 11.5. The largest absolute Gasteiger partial charge is 0.401 e. The van der Waals surface area contributed by atoms with Crippen molar-refractivity contribution in [1.29, 1.82) is 5.26 Å². The van der Waals surface area contributed by atoms with E-state index in [-0.39, 0.29) is 22.8 Å². The maximum atomic E-state index is 11.8. The molecule has 6 nitrogen and oxygen atoms in total. The summed E-state index contributed by atoms with van der Waals surface area (Å²) < 4.78 is 0.652. The minimum absolute atomic E-state index is 0.000325. The molecule has 3 N–H and O–H groups in total. The number of nitriles is 1. The van der Waals surface area contributed by atoms with Crippen LogP contribution in [-0.2, 0) is 4.79 Å². The number of anilines is 2. The van der Waals surface area contributed by atoms with Crippen molar-refractivity contribution in [2.45, 2.75) is 11.3 Å². The van der Waals surface area contributed by atoms with Crippen LogP contribution in [-0.4, -0.2) is 21.7 Å². The zero-order valence-electron chi connectivity index (χ0n) is 11.7. The van der Waals surface area contributed by atoms with E-state index in [0.717, 1.165) is 5.69 Å². The molecule has 1 aromatic carbocycles. The lowest BCUT2D eigenvalue weighted by Crippen LogP contribution is -2.10. The van der Waals surface area contributed by atoms with Gasteiger partial charge in [-0.2, -0.15) is 5.26 Å². The van der Waals surface area contributed by atoms with Gasteiger partial charge in [0.2, 0.25) is 5.13 Å². The first-order valence-electron chi connectivity index (χ1n) is 6.28. The van der Waals surface area contributed by atoms with E-state index in [2.05, 4.69) is 15.5 Å². The highest BCUT2D eigenvalue weighted by Crippen LogP contribution is 2.28. The van der Waals surface area contributed by atoms with Gasteiger partial charge < -0.3 is 11.1 Å². The Hall–Kier alpha value is -2.37. The molecule has 8 heteroatoms. The molecule has 0 spiro atoms. The first-order chi connectivity index (χ1) is 10.6. The third kappa shape index (κ3) is 4.31. The Morgan fingerprint density at radius 1 is 1.41 bits per heavy atom. The average Bonchev–Trinajstić information content (AvgIpc) is 2.94. The Balaban J connectivity index is 1.94. The van der Waals surface area contributed by atoms with E-state index in [1.807, 2.05) is 36.4 Å². The Kier molecular flexibility index (Phi) is 5.52. The molecule has 0 bridgehead atoms. The Labute approximate surface area is 136 Å². The van der Waals surface area contributed by atoms with Crippen molar-refractivity contribution >= 4 is 39.7 Å². The first kappa shape index (κ1) is 16.0. The molecular formula is C14H13N5OS2. The van der Waals surface area contributed by atoms with Crippen LogP contribution in [0.1, 0.15) is 6.92 Å². The smallest absolute Gasteiger partial charge is 0.210 e. The van der Waals surface area contributed by atoms with Gasteiger partial charge in [-0.1, -0.05) is 41.3 Å². The number of nitrogens with two attached hydrogens (primary N) is 1. The second-order valence-corrected chi connectivity index (χ2v) is 6.45. The third-order valence-corrected chi connectivity index (χ3v) is 4.52. The molecule has 1 heterocycles. The van der Waals surface area contributed by atoms with E-state index in [1.165, 1.54) is 30.0 Å². The molecule has 2 rings (SSSR count). The second kappa shape index (κ2) is 7.59. The predicted molar refractivity (Wildman–Crippen MR) is 87.9 cm³/mol. The van der Waals surface area contributed by atoms with Gasteiger partial charge in [0.1, 0.15) is 11.6 Å². The van der Waals surface area contributed by atoms with Crippen molar-refractivity contribution < 1.29 is 4.79 Å². The van der Waals surface area contributed by atoms with Crippen molar-refractivity contribution in [3.8, 4) is 6.07 Å². The molecular weight excluding hydrogens is 318 g/mol. The van der Waals surface area contributed by atoms with Crippen LogP contribution in [0.2, 0.25) is 0 Å². The number of nitrogens with one attached hydrogen (secondary N) is 1. The lowest BCUT2D eigenvalue weighted by atomic mass is 10.2. The average molecular weight is 331 g/mol. The van der Waals surface area contributed by atoms with Crippen molar-refractivity contribution in [2.24, 2.45) is 5.73 Å². The Bertz CT molecular complexity index is 729. The van der Waals surface area contributed by atoms with Gasteiger partial charge in [0.05, 0.1) is 5.75 Å². The molecule has 0 unspecified atom stereocenters. The number of Topliss-reactive ketones (excluding diaryl/α,β-unsaturated/α-hetero) is 1. The Morgan fingerprint density at radius 3 is 2.77 bits per heavy atom. The van der Waals surface area contributed by atoms with Gasteiger partial charge in [-0.25, -0.2) is 0 Å². The van der Waals surface area contributed by atoms with Crippen molar-refractivity contribution in [3.05, 3.63) is 41.6 Å². The number of hydrogen-bond donors (Lipinski definition) is 2. The van der Waals surface area contributed by atoms with E-state index in [4.69, 9.17) is 11.0 Å². The minimum Gasteiger partial charge on any atom is -0.401 e. The molecule has 0 aliphatic heterocycles. The molecule has 0 atom stereocenters. The maximum Gasteiger partial charge on any atom is 0.210 e. The summed E-state index contributed by atoms with van der Waals surface area (Å²) in [5.74, 6) is -0.197. The van der Waals surface area contributed by atoms with Gasteiger partial charge in [-0.3, -0.25) is 4.79 Å². The highest BCUT2D eigenvalue weighted by Gasteiger charge is 2.13. The minimum atomic E-state index is -0.305. The third-order valence-electron chi connectivity index (χ3n) is 2.54. The number of allylic oxidation sites excluding steroid dienone is 2. The number of carbonyl (C=O) groups excluding carboxylic acids is 1. The number of thioether (sulfide) groups is 1.